The van der Waals surface area contributed by atoms with E-state index in [2.05, 4.69) is 13.2 Å². The van der Waals surface area contributed by atoms with Crippen molar-refractivity contribution in [2.45, 2.75) is 10.8 Å². The molecule has 0 aromatic heterocycles. The molecule has 10 aromatic rings. The SMILES string of the molecule is C=Cc1ccc(C2(c3cc(F)c(F)cc3F)c3ccccc3-c3ccc(N(c4ccc(-c5ccc(F)cc5)cc4)c4ccc5c(c4)C(c4ccc(C=C)cc4)(c4cc(F)c(F)cc4F)c4ccccc4-5)cc32)cc1. The molecule has 0 bridgehead atoms. The molecule has 74 heavy (non-hydrogen) atoms. The summed E-state index contributed by atoms with van der Waals surface area (Å²) in [4.78, 5) is 1.99. The van der Waals surface area contributed by atoms with Gasteiger partial charge in [0.1, 0.15) is 17.5 Å². The highest BCUT2D eigenvalue weighted by Gasteiger charge is 2.50. The van der Waals surface area contributed by atoms with Gasteiger partial charge in [-0.15, -0.1) is 0 Å². The first-order valence-corrected chi connectivity index (χ1v) is 23.9. The molecule has 8 heteroatoms. The molecule has 358 valence electrons. The molecule has 2 atom stereocenters. The molecule has 0 saturated carbocycles. The molecule has 0 spiro atoms. The number of hydrogen-bond donors (Lipinski definition) is 0. The minimum Gasteiger partial charge on any atom is -0.310 e. The summed E-state index contributed by atoms with van der Waals surface area (Å²) in [5.74, 6) is -7.35. The van der Waals surface area contributed by atoms with Crippen LogP contribution in [0, 0.1) is 40.7 Å². The van der Waals surface area contributed by atoms with Gasteiger partial charge in [-0.05, 0) is 139 Å². The van der Waals surface area contributed by atoms with Crippen LogP contribution in [-0.2, 0) is 10.8 Å². The zero-order valence-corrected chi connectivity index (χ0v) is 39.3. The Kier molecular flexibility index (Phi) is 11.0. The Bertz CT molecular complexity index is 3690. The molecule has 0 fully saturated rings. The Morgan fingerprint density at radius 3 is 1.09 bits per heavy atom. The molecule has 2 unspecified atom stereocenters. The number of halogens is 7. The van der Waals surface area contributed by atoms with Crippen LogP contribution in [0.2, 0.25) is 0 Å². The number of anilines is 3. The average molecular weight is 980 g/mol. The third kappa shape index (κ3) is 6.92. The maximum atomic E-state index is 16.9. The summed E-state index contributed by atoms with van der Waals surface area (Å²) < 4.78 is 109. The third-order valence-corrected chi connectivity index (χ3v) is 14.9. The van der Waals surface area contributed by atoms with Gasteiger partial charge in [0.25, 0.3) is 0 Å². The van der Waals surface area contributed by atoms with Gasteiger partial charge < -0.3 is 4.90 Å². The van der Waals surface area contributed by atoms with Crippen molar-refractivity contribution in [3.63, 3.8) is 0 Å². The predicted octanol–water partition coefficient (Wildman–Crippen LogP) is 17.8. The molecule has 0 amide bonds. The molecule has 10 aromatic carbocycles. The Morgan fingerprint density at radius 2 is 0.676 bits per heavy atom. The summed E-state index contributed by atoms with van der Waals surface area (Å²) >= 11 is 0. The molecule has 0 N–H and O–H groups in total. The summed E-state index contributed by atoms with van der Waals surface area (Å²) in [7, 11) is 0. The van der Waals surface area contributed by atoms with Crippen LogP contribution in [0.15, 0.2) is 219 Å². The number of rotatable bonds is 10. The second kappa shape index (κ2) is 17.6. The minimum atomic E-state index is -1.53. The van der Waals surface area contributed by atoms with Crippen LogP contribution in [0.1, 0.15) is 55.6 Å². The second-order valence-corrected chi connectivity index (χ2v) is 18.6. The monoisotopic (exact) mass is 979 g/mol. The van der Waals surface area contributed by atoms with E-state index in [-0.39, 0.29) is 16.9 Å². The highest BCUT2D eigenvalue weighted by Crippen LogP contribution is 2.60. The maximum Gasteiger partial charge on any atom is 0.161 e. The van der Waals surface area contributed by atoms with Gasteiger partial charge in [-0.25, -0.2) is 30.7 Å². The van der Waals surface area contributed by atoms with E-state index >= 15 is 26.3 Å². The fourth-order valence-electron chi connectivity index (χ4n) is 11.6. The van der Waals surface area contributed by atoms with Gasteiger partial charge in [-0.3, -0.25) is 0 Å². The average Bonchev–Trinajstić information content (AvgIpc) is 3.90. The van der Waals surface area contributed by atoms with Gasteiger partial charge in [-0.2, -0.15) is 0 Å². The normalized spacial score (nSPS) is 16.0. The summed E-state index contributed by atoms with van der Waals surface area (Å²) in [6.07, 6.45) is 3.37. The van der Waals surface area contributed by atoms with Crippen LogP contribution in [0.3, 0.4) is 0 Å². The van der Waals surface area contributed by atoms with Gasteiger partial charge in [0.2, 0.25) is 0 Å². The Balaban J connectivity index is 1.15. The van der Waals surface area contributed by atoms with E-state index in [9.17, 15) is 4.39 Å². The van der Waals surface area contributed by atoms with Gasteiger partial charge in [-0.1, -0.05) is 159 Å². The van der Waals surface area contributed by atoms with E-state index in [1.807, 2.05) is 163 Å². The molecule has 2 aliphatic carbocycles. The first-order chi connectivity index (χ1) is 35.9. The molecule has 0 aliphatic heterocycles. The van der Waals surface area contributed by atoms with Gasteiger partial charge in [0, 0.05) is 40.3 Å². The lowest BCUT2D eigenvalue weighted by Crippen LogP contribution is -2.31. The van der Waals surface area contributed by atoms with Gasteiger partial charge in [0.15, 0.2) is 23.3 Å². The fourth-order valence-corrected chi connectivity index (χ4v) is 11.6. The van der Waals surface area contributed by atoms with Crippen molar-refractivity contribution in [3.05, 3.63) is 316 Å². The summed E-state index contributed by atoms with van der Waals surface area (Å²) in [6.45, 7) is 7.85. The van der Waals surface area contributed by atoms with Crippen molar-refractivity contribution in [2.75, 3.05) is 4.90 Å². The Hall–Kier alpha value is -9.01. The smallest absolute Gasteiger partial charge is 0.161 e. The number of fused-ring (bicyclic) bond motifs is 6. The molecule has 0 radical (unpaired) electrons. The molecular formula is C66H40F7N. The highest BCUT2D eigenvalue weighted by atomic mass is 19.2. The van der Waals surface area contributed by atoms with Crippen molar-refractivity contribution < 1.29 is 30.7 Å². The first kappa shape index (κ1) is 46.1. The van der Waals surface area contributed by atoms with Crippen molar-refractivity contribution >= 4 is 29.2 Å². The lowest BCUT2D eigenvalue weighted by molar-refractivity contribution is 0.484. The van der Waals surface area contributed by atoms with Crippen LogP contribution in [0.25, 0.3) is 45.5 Å². The largest absolute Gasteiger partial charge is 0.310 e. The van der Waals surface area contributed by atoms with E-state index < -0.39 is 45.7 Å². The molecule has 2 aliphatic rings. The first-order valence-electron chi connectivity index (χ1n) is 23.9. The van der Waals surface area contributed by atoms with E-state index in [1.54, 1.807) is 24.3 Å². The van der Waals surface area contributed by atoms with Crippen LogP contribution >= 0.6 is 0 Å². The summed E-state index contributed by atoms with van der Waals surface area (Å²) in [5, 5.41) is 0. The van der Waals surface area contributed by atoms with E-state index in [0.717, 1.165) is 56.6 Å². The second-order valence-electron chi connectivity index (χ2n) is 18.6. The standard InChI is InChI=1S/C66H40F7N/c1-3-39-13-21-43(22-14-39)65(57-35-61(70)63(72)37-59(57)68)53-11-7-5-9-49(53)51-31-29-47(33-55(51)65)74(46-27-19-42(20-28-46)41-17-25-45(67)26-18-41)48-30-32-52-50-10-6-8-12-54(50)66(56(52)34-48,44-23-15-40(4-2)16-24-44)58-36-62(71)64(73)38-60(58)69/h3-38H,1-2H2. The third-order valence-electron chi connectivity index (χ3n) is 14.9. The van der Waals surface area contributed by atoms with Crippen molar-refractivity contribution in [1.82, 2.24) is 0 Å². The minimum absolute atomic E-state index is 0.0996. The zero-order chi connectivity index (χ0) is 51.0. The fraction of sp³-hybridized carbons (Fsp3) is 0.0303. The summed E-state index contributed by atoms with van der Waals surface area (Å²) in [5.41, 5.74) is 8.27. The highest BCUT2D eigenvalue weighted by molar-refractivity contribution is 5.92. The van der Waals surface area contributed by atoms with Crippen LogP contribution < -0.4 is 4.90 Å². The molecule has 0 saturated heterocycles. The zero-order valence-electron chi connectivity index (χ0n) is 39.3. The van der Waals surface area contributed by atoms with Crippen LogP contribution in [-0.4, -0.2) is 0 Å². The van der Waals surface area contributed by atoms with E-state index in [4.69, 9.17) is 0 Å². The van der Waals surface area contributed by atoms with Crippen molar-refractivity contribution in [3.8, 4) is 33.4 Å². The molecule has 12 rings (SSSR count). The Morgan fingerprint density at radius 1 is 0.311 bits per heavy atom. The maximum absolute atomic E-state index is 16.9. The topological polar surface area (TPSA) is 3.24 Å². The predicted molar refractivity (Wildman–Crippen MR) is 281 cm³/mol. The number of benzene rings is 10. The quantitative estimate of drug-likeness (QED) is 0.0975. The van der Waals surface area contributed by atoms with Crippen molar-refractivity contribution in [2.24, 2.45) is 0 Å². The summed E-state index contributed by atoms with van der Waals surface area (Å²) in [6, 6.07) is 58.2. The molecular weight excluding hydrogens is 940 g/mol. The molecule has 0 heterocycles. The van der Waals surface area contributed by atoms with E-state index in [1.165, 1.54) is 12.1 Å². The number of hydrogen-bond acceptors (Lipinski definition) is 1. The molecule has 1 nitrogen and oxygen atoms in total. The van der Waals surface area contributed by atoms with Crippen LogP contribution in [0.4, 0.5) is 47.8 Å². The Labute approximate surface area is 423 Å². The van der Waals surface area contributed by atoms with Crippen molar-refractivity contribution in [1.29, 1.82) is 0 Å². The number of nitrogens with zero attached hydrogens (tertiary/aromatic N) is 1. The van der Waals surface area contributed by atoms with Crippen LogP contribution in [0.5, 0.6) is 0 Å². The lowest BCUT2D eigenvalue weighted by atomic mass is 9.67. The van der Waals surface area contributed by atoms with Gasteiger partial charge in [0.05, 0.1) is 10.8 Å². The van der Waals surface area contributed by atoms with E-state index in [0.29, 0.717) is 62.6 Å². The lowest BCUT2D eigenvalue weighted by Gasteiger charge is -2.36. The van der Waals surface area contributed by atoms with Gasteiger partial charge >= 0.3 is 0 Å².